The van der Waals surface area contributed by atoms with Crippen molar-refractivity contribution in [2.24, 2.45) is 17.8 Å². The van der Waals surface area contributed by atoms with Gasteiger partial charge in [0.2, 0.25) is 13.6 Å². The highest BCUT2D eigenvalue weighted by Gasteiger charge is 2.33. The van der Waals surface area contributed by atoms with Crippen molar-refractivity contribution >= 4 is 58.8 Å². The Morgan fingerprint density at radius 1 is 0.443 bits per heavy atom. The summed E-state index contributed by atoms with van der Waals surface area (Å²) in [6.07, 6.45) is 4.42. The number of aromatic hydroxyl groups is 1. The lowest BCUT2D eigenvalue weighted by atomic mass is 9.90. The predicted molar refractivity (Wildman–Crippen MR) is 318 cm³/mol. The number of halogens is 2. The Balaban J connectivity index is 0.000000356. The van der Waals surface area contributed by atoms with E-state index in [1.165, 1.54) is 49.7 Å². The van der Waals surface area contributed by atoms with Crippen molar-refractivity contribution in [1.82, 2.24) is 0 Å². The first-order valence-electron chi connectivity index (χ1n) is 28.0. The highest BCUT2D eigenvalue weighted by Crippen LogP contribution is 2.48. The fourth-order valence-electron chi connectivity index (χ4n) is 8.34. The van der Waals surface area contributed by atoms with Crippen LogP contribution in [0.2, 0.25) is 0 Å². The highest BCUT2D eigenvalue weighted by molar-refractivity contribution is 14.1. The number of carbonyl (C=O) groups excluding carboxylic acids is 4. The lowest BCUT2D eigenvalue weighted by Crippen LogP contribution is -2.17. The standard InChI is InChI=1S/2C19H28O4.C14H20O.C5H9ClO3.C5H9IO3/c2*1-12(2)16-7-6-8-17(14(5)15-9-10-15)18(16)21-11-22-19(20)23-13(3)4;1-9(2)12-5-4-6-13(14(12)15)10(3)11-7-8-11;2*1-4(2)9-5(7)8-3-6/h2*6-8,12-15H,9-11H2,1-5H3;4-6,9-11,15H,7-8H2,1-3H3;2*4H,3H2,1-2H3/t2*14-;10-;;/m111../s1. The van der Waals surface area contributed by atoms with Gasteiger partial charge in [-0.1, -0.05) is 129 Å². The molecule has 0 bridgehead atoms. The van der Waals surface area contributed by atoms with Crippen LogP contribution in [0.1, 0.15) is 225 Å². The molecule has 17 heteroatoms. The van der Waals surface area contributed by atoms with Crippen LogP contribution in [-0.4, -0.2) is 78.4 Å². The number of hydrogen-bond acceptors (Lipinski definition) is 15. The van der Waals surface area contributed by atoms with Gasteiger partial charge in [-0.3, -0.25) is 0 Å². The Hall–Kier alpha value is -4.84. The summed E-state index contributed by atoms with van der Waals surface area (Å²) in [4.78, 5) is 43.7. The number of carbonyl (C=O) groups is 4. The van der Waals surface area contributed by atoms with Gasteiger partial charge < -0.3 is 52.5 Å². The monoisotopic (exact) mass is 1240 g/mol. The minimum Gasteiger partial charge on any atom is -0.507 e. The molecule has 0 unspecified atom stereocenters. The van der Waals surface area contributed by atoms with Gasteiger partial charge in [0.15, 0.2) is 6.07 Å². The van der Waals surface area contributed by atoms with Crippen LogP contribution in [0.4, 0.5) is 19.2 Å². The summed E-state index contributed by atoms with van der Waals surface area (Å²) in [6.45, 7) is 33.4. The average molecular weight is 1240 g/mol. The molecule has 3 aliphatic rings. The van der Waals surface area contributed by atoms with Crippen molar-refractivity contribution in [2.75, 3.05) is 24.3 Å². The molecule has 0 aromatic heterocycles. The Kier molecular flexibility index (Phi) is 32.5. The third kappa shape index (κ3) is 27.5. The molecule has 3 atom stereocenters. The minimum atomic E-state index is -0.722. The van der Waals surface area contributed by atoms with Gasteiger partial charge in [0.05, 0.1) is 24.4 Å². The average Bonchev–Trinajstić information content (AvgIpc) is 4.18. The van der Waals surface area contributed by atoms with E-state index >= 15 is 0 Å². The second-order valence-corrected chi connectivity index (χ2v) is 23.0. The Bertz CT molecular complexity index is 2150. The molecular formula is C62H94ClIO15. The quantitative estimate of drug-likeness (QED) is 0.0349. The van der Waals surface area contributed by atoms with E-state index < -0.39 is 24.6 Å². The number of rotatable bonds is 21. The van der Waals surface area contributed by atoms with Gasteiger partial charge in [-0.2, -0.15) is 0 Å². The van der Waals surface area contributed by atoms with Gasteiger partial charge in [-0.05, 0) is 203 Å². The molecule has 6 rings (SSSR count). The third-order valence-electron chi connectivity index (χ3n) is 13.0. The van der Waals surface area contributed by atoms with E-state index in [1.54, 1.807) is 55.4 Å². The van der Waals surface area contributed by atoms with Crippen LogP contribution in [-0.2, 0) is 37.9 Å². The largest absolute Gasteiger partial charge is 0.511 e. The highest BCUT2D eigenvalue weighted by atomic mass is 127. The molecule has 0 aliphatic heterocycles. The van der Waals surface area contributed by atoms with Gasteiger partial charge in [0.25, 0.3) is 0 Å². The summed E-state index contributed by atoms with van der Waals surface area (Å²) in [5.41, 5.74) is 6.94. The van der Waals surface area contributed by atoms with E-state index in [2.05, 4.69) is 130 Å². The van der Waals surface area contributed by atoms with Crippen molar-refractivity contribution in [3.63, 3.8) is 0 Å². The van der Waals surface area contributed by atoms with Crippen LogP contribution in [0.15, 0.2) is 54.6 Å². The Labute approximate surface area is 491 Å². The summed E-state index contributed by atoms with van der Waals surface area (Å²) in [6, 6.07) is 18.6. The number of alkyl halides is 2. The molecule has 3 aliphatic carbocycles. The first-order chi connectivity index (χ1) is 37.2. The predicted octanol–water partition coefficient (Wildman–Crippen LogP) is 18.2. The number of benzene rings is 3. The minimum absolute atomic E-state index is 0.0968. The van der Waals surface area contributed by atoms with Crippen LogP contribution >= 0.6 is 34.2 Å². The number of para-hydroxylation sites is 3. The molecule has 3 aromatic rings. The maximum absolute atomic E-state index is 11.5. The summed E-state index contributed by atoms with van der Waals surface area (Å²) in [7, 11) is 0. The topological polar surface area (TPSA) is 181 Å². The molecule has 0 heterocycles. The van der Waals surface area contributed by atoms with E-state index in [4.69, 9.17) is 40.0 Å². The molecule has 0 radical (unpaired) electrons. The SMILES string of the molecule is CC(C)OC(=O)OCCl.CC(C)OC(=O)OCI.CC(C)OC(=O)OCOc1c(C(C)C)cccc1[C@H](C)C1CC1.CC(C)OC(=O)OCOc1c(C(C)C)cccc1[C@H](C)C1CC1.CC(C)c1cccc([C@H](C)C2CC2)c1O. The molecule has 15 nitrogen and oxygen atoms in total. The van der Waals surface area contributed by atoms with Crippen molar-refractivity contribution in [3.05, 3.63) is 88.0 Å². The Morgan fingerprint density at radius 2 is 0.722 bits per heavy atom. The summed E-state index contributed by atoms with van der Waals surface area (Å²) in [5, 5.41) is 10.2. The van der Waals surface area contributed by atoms with Gasteiger partial charge in [-0.15, -0.1) is 0 Å². The number of phenols is 1. The first kappa shape index (κ1) is 70.3. The molecule has 1 N–H and O–H groups in total. The zero-order chi connectivity index (χ0) is 59.5. The molecular weight excluding hydrogens is 1150 g/mol. The Morgan fingerprint density at radius 3 is 1.01 bits per heavy atom. The number of hydrogen-bond donors (Lipinski definition) is 1. The van der Waals surface area contributed by atoms with Crippen molar-refractivity contribution in [3.8, 4) is 17.2 Å². The third-order valence-corrected chi connectivity index (χ3v) is 13.4. The van der Waals surface area contributed by atoms with Crippen LogP contribution in [0, 0.1) is 17.8 Å². The van der Waals surface area contributed by atoms with Crippen molar-refractivity contribution in [1.29, 1.82) is 0 Å². The number of ether oxygens (including phenoxy) is 10. The zero-order valence-electron chi connectivity index (χ0n) is 50.2. The van der Waals surface area contributed by atoms with E-state index in [-0.39, 0.29) is 44.1 Å². The molecule has 0 amide bonds. The van der Waals surface area contributed by atoms with E-state index in [1.807, 2.05) is 28.7 Å². The molecule has 0 saturated heterocycles. The van der Waals surface area contributed by atoms with Gasteiger partial charge in [-0.25, -0.2) is 19.2 Å². The second kappa shape index (κ2) is 36.5. The molecule has 3 fully saturated rings. The lowest BCUT2D eigenvalue weighted by molar-refractivity contribution is -0.00996. The summed E-state index contributed by atoms with van der Waals surface area (Å²) in [5.74, 6) is 7.08. The lowest BCUT2D eigenvalue weighted by Gasteiger charge is -2.21. The molecule has 0 spiro atoms. The van der Waals surface area contributed by atoms with Gasteiger partial charge >= 0.3 is 24.6 Å². The normalized spacial score (nSPS) is 14.7. The number of phenolic OH excluding ortho intramolecular Hbond substituents is 1. The van der Waals surface area contributed by atoms with Crippen LogP contribution in [0.25, 0.3) is 0 Å². The smallest absolute Gasteiger partial charge is 0.507 e. The molecule has 3 saturated carbocycles. The van der Waals surface area contributed by atoms with Gasteiger partial charge in [0, 0.05) is 0 Å². The molecule has 3 aromatic carbocycles. The van der Waals surface area contributed by atoms with Gasteiger partial charge in [0.1, 0.15) is 21.9 Å². The van der Waals surface area contributed by atoms with Crippen LogP contribution < -0.4 is 9.47 Å². The zero-order valence-corrected chi connectivity index (χ0v) is 53.1. The summed E-state index contributed by atoms with van der Waals surface area (Å²) >= 11 is 6.98. The van der Waals surface area contributed by atoms with E-state index in [0.29, 0.717) is 45.9 Å². The maximum Gasteiger partial charge on any atom is 0.511 e. The molecule has 446 valence electrons. The first-order valence-corrected chi connectivity index (χ1v) is 30.1. The van der Waals surface area contributed by atoms with Crippen LogP contribution in [0.5, 0.6) is 17.2 Å². The fourth-order valence-corrected chi connectivity index (χ4v) is 8.68. The van der Waals surface area contributed by atoms with E-state index in [9.17, 15) is 24.3 Å². The molecule has 79 heavy (non-hydrogen) atoms. The van der Waals surface area contributed by atoms with Crippen LogP contribution in [0.3, 0.4) is 0 Å². The fraction of sp³-hybridized carbons (Fsp3) is 0.645. The second-order valence-electron chi connectivity index (χ2n) is 22.1. The maximum atomic E-state index is 11.5. The van der Waals surface area contributed by atoms with Crippen molar-refractivity contribution < 1.29 is 71.7 Å². The van der Waals surface area contributed by atoms with E-state index in [0.717, 1.165) is 51.5 Å². The van der Waals surface area contributed by atoms with Crippen molar-refractivity contribution in [2.45, 2.75) is 216 Å². The summed E-state index contributed by atoms with van der Waals surface area (Å²) < 4.78 is 49.9.